The van der Waals surface area contributed by atoms with E-state index in [1.54, 1.807) is 18.3 Å². The van der Waals surface area contributed by atoms with Crippen molar-refractivity contribution in [2.75, 3.05) is 0 Å². The number of benzene rings is 1. The van der Waals surface area contributed by atoms with Crippen LogP contribution in [0.2, 0.25) is 0 Å². The van der Waals surface area contributed by atoms with Gasteiger partial charge in [-0.2, -0.15) is 0 Å². The maximum Gasteiger partial charge on any atom is 0.137 e. The van der Waals surface area contributed by atoms with Gasteiger partial charge in [0.15, 0.2) is 0 Å². The number of hydrogen-bond acceptors (Lipinski definition) is 3. The van der Waals surface area contributed by atoms with E-state index >= 15 is 0 Å². The maximum atomic E-state index is 13.6. The summed E-state index contributed by atoms with van der Waals surface area (Å²) in [4.78, 5) is 12.4. The molecule has 4 aromatic rings. The van der Waals surface area contributed by atoms with E-state index in [-0.39, 0.29) is 18.5 Å². The van der Waals surface area contributed by atoms with Crippen LogP contribution in [0.25, 0.3) is 33.5 Å². The molecule has 0 radical (unpaired) electrons. The van der Waals surface area contributed by atoms with Crippen LogP contribution in [-0.2, 0) is 6.61 Å². The van der Waals surface area contributed by atoms with Gasteiger partial charge in [0.25, 0.3) is 0 Å². The van der Waals surface area contributed by atoms with Crippen molar-refractivity contribution in [3.63, 3.8) is 0 Å². The summed E-state index contributed by atoms with van der Waals surface area (Å²) in [6, 6.07) is 10.6. The third-order valence-electron chi connectivity index (χ3n) is 5.57. The number of nitrogens with one attached hydrogen (secondary N) is 1. The summed E-state index contributed by atoms with van der Waals surface area (Å²) in [6.07, 6.45) is 7.72. The number of halogens is 1. The highest BCUT2D eigenvalue weighted by Gasteiger charge is 2.25. The second-order valence-electron chi connectivity index (χ2n) is 7.59. The zero-order valence-corrected chi connectivity index (χ0v) is 17.4. The minimum Gasteiger partial charge on any atom is -0.388 e. The lowest BCUT2D eigenvalue weighted by atomic mass is 10.0. The zero-order chi connectivity index (χ0) is 21.1. The molecule has 0 saturated heterocycles. The highest BCUT2D eigenvalue weighted by Crippen LogP contribution is 2.40. The number of aliphatic hydroxyl groups is 1. The van der Waals surface area contributed by atoms with Gasteiger partial charge < -0.3 is 14.7 Å². The molecule has 5 nitrogen and oxygen atoms in total. The average molecular weight is 407 g/mol. The Balaban J connectivity index is 2.04. The molecule has 0 aliphatic rings. The van der Waals surface area contributed by atoms with Crippen LogP contribution in [0.15, 0.2) is 48.8 Å². The van der Waals surface area contributed by atoms with Gasteiger partial charge in [-0.05, 0) is 49.2 Å². The standard InChI is InChI=1S/C24H27FN4O/c1-3-5-18(6-4-2)29-21(15-30)28-22(16-7-9-17(25)10-8-16)23(29)19-11-13-26-24-20(19)12-14-27-24/h7-14,18,30H,3-6,15H2,1-2H3,(H,26,27). The monoisotopic (exact) mass is 406 g/mol. The molecule has 4 rings (SSSR count). The quantitative estimate of drug-likeness (QED) is 0.385. The normalized spacial score (nSPS) is 11.6. The Hall–Kier alpha value is -2.99. The van der Waals surface area contributed by atoms with E-state index in [2.05, 4.69) is 28.4 Å². The molecule has 0 amide bonds. The van der Waals surface area contributed by atoms with Crippen molar-refractivity contribution in [1.29, 1.82) is 0 Å². The van der Waals surface area contributed by atoms with Gasteiger partial charge in [0.05, 0.1) is 11.4 Å². The maximum absolute atomic E-state index is 13.6. The van der Waals surface area contributed by atoms with Gasteiger partial charge in [-0.15, -0.1) is 0 Å². The lowest BCUT2D eigenvalue weighted by Gasteiger charge is -2.23. The Morgan fingerprint density at radius 1 is 1.07 bits per heavy atom. The molecule has 0 fully saturated rings. The van der Waals surface area contributed by atoms with Gasteiger partial charge in [0.1, 0.15) is 23.9 Å². The second kappa shape index (κ2) is 8.79. The Labute approximate surface area is 175 Å². The van der Waals surface area contributed by atoms with Gasteiger partial charge in [-0.3, -0.25) is 0 Å². The van der Waals surface area contributed by atoms with Crippen molar-refractivity contribution in [1.82, 2.24) is 19.5 Å². The van der Waals surface area contributed by atoms with Crippen LogP contribution in [0.5, 0.6) is 0 Å². The van der Waals surface area contributed by atoms with Crippen molar-refractivity contribution in [3.8, 4) is 22.5 Å². The summed E-state index contributed by atoms with van der Waals surface area (Å²) in [6.45, 7) is 4.20. The molecule has 3 heterocycles. The number of aliphatic hydroxyl groups excluding tert-OH is 1. The Kier molecular flexibility index (Phi) is 5.95. The number of aromatic nitrogens is 4. The number of rotatable bonds is 8. The largest absolute Gasteiger partial charge is 0.388 e. The van der Waals surface area contributed by atoms with Crippen molar-refractivity contribution >= 4 is 11.0 Å². The van der Waals surface area contributed by atoms with Crippen LogP contribution in [0, 0.1) is 5.82 Å². The van der Waals surface area contributed by atoms with Gasteiger partial charge in [0.2, 0.25) is 0 Å². The number of H-pyrrole nitrogens is 1. The first-order chi connectivity index (χ1) is 14.7. The molecule has 0 aliphatic carbocycles. The third kappa shape index (κ3) is 3.63. The fourth-order valence-corrected chi connectivity index (χ4v) is 4.29. The van der Waals surface area contributed by atoms with Gasteiger partial charge in [-0.1, -0.05) is 26.7 Å². The van der Waals surface area contributed by atoms with E-state index in [4.69, 9.17) is 4.98 Å². The highest BCUT2D eigenvalue weighted by molar-refractivity contribution is 5.96. The molecule has 0 aliphatic heterocycles. The number of aromatic amines is 1. The molecular formula is C24H27FN4O. The Bertz CT molecular complexity index is 1120. The lowest BCUT2D eigenvalue weighted by molar-refractivity contribution is 0.257. The third-order valence-corrected chi connectivity index (χ3v) is 5.57. The second-order valence-corrected chi connectivity index (χ2v) is 7.59. The molecule has 30 heavy (non-hydrogen) atoms. The van der Waals surface area contributed by atoms with E-state index < -0.39 is 0 Å². The first kappa shape index (κ1) is 20.3. The van der Waals surface area contributed by atoms with Crippen molar-refractivity contribution in [2.45, 2.75) is 52.2 Å². The summed E-state index contributed by atoms with van der Waals surface area (Å²) in [7, 11) is 0. The molecule has 6 heteroatoms. The van der Waals surface area contributed by atoms with Crippen molar-refractivity contribution in [2.24, 2.45) is 0 Å². The fraction of sp³-hybridized carbons (Fsp3) is 0.333. The first-order valence-electron chi connectivity index (χ1n) is 10.6. The Morgan fingerprint density at radius 3 is 2.47 bits per heavy atom. The molecule has 2 N–H and O–H groups in total. The van der Waals surface area contributed by atoms with Crippen LogP contribution >= 0.6 is 0 Å². The SMILES string of the molecule is CCCC(CCC)n1c(CO)nc(-c2ccc(F)cc2)c1-c1ccnc2[nH]ccc12. The summed E-state index contributed by atoms with van der Waals surface area (Å²) in [5.74, 6) is 0.352. The molecule has 1 aromatic carbocycles. The Morgan fingerprint density at radius 2 is 1.80 bits per heavy atom. The molecule has 0 spiro atoms. The molecule has 0 bridgehead atoms. The predicted molar refractivity (Wildman–Crippen MR) is 117 cm³/mol. The van der Waals surface area contributed by atoms with Gasteiger partial charge >= 0.3 is 0 Å². The topological polar surface area (TPSA) is 66.7 Å². The number of pyridine rings is 1. The van der Waals surface area contributed by atoms with Gasteiger partial charge in [-0.25, -0.2) is 14.4 Å². The van der Waals surface area contributed by atoms with E-state index in [9.17, 15) is 9.50 Å². The minimum atomic E-state index is -0.283. The predicted octanol–water partition coefficient (Wildman–Crippen LogP) is 5.87. The smallest absolute Gasteiger partial charge is 0.137 e. The highest BCUT2D eigenvalue weighted by atomic mass is 19.1. The van der Waals surface area contributed by atoms with Crippen molar-refractivity contribution in [3.05, 3.63) is 60.4 Å². The number of nitrogens with zero attached hydrogens (tertiary/aromatic N) is 3. The van der Waals surface area contributed by atoms with E-state index in [0.29, 0.717) is 5.82 Å². The van der Waals surface area contributed by atoms with E-state index in [0.717, 1.165) is 59.2 Å². The molecule has 3 aromatic heterocycles. The number of hydrogen-bond donors (Lipinski definition) is 2. The van der Waals surface area contributed by atoms with Gasteiger partial charge in [0, 0.05) is 34.9 Å². The van der Waals surface area contributed by atoms with Crippen LogP contribution in [0.1, 0.15) is 51.4 Å². The van der Waals surface area contributed by atoms with Crippen LogP contribution in [0.3, 0.4) is 0 Å². The summed E-state index contributed by atoms with van der Waals surface area (Å²) >= 11 is 0. The van der Waals surface area contributed by atoms with E-state index in [1.807, 2.05) is 18.3 Å². The van der Waals surface area contributed by atoms with Crippen molar-refractivity contribution < 1.29 is 9.50 Å². The summed E-state index contributed by atoms with van der Waals surface area (Å²) in [5.41, 5.74) is 4.34. The summed E-state index contributed by atoms with van der Waals surface area (Å²) in [5, 5.41) is 11.2. The van der Waals surface area contributed by atoms with Crippen LogP contribution < -0.4 is 0 Å². The molecule has 0 atom stereocenters. The molecule has 0 unspecified atom stereocenters. The number of imidazole rings is 1. The van der Waals surface area contributed by atoms with E-state index in [1.165, 1.54) is 12.1 Å². The van der Waals surface area contributed by atoms with Crippen LogP contribution in [0.4, 0.5) is 4.39 Å². The number of fused-ring (bicyclic) bond motifs is 1. The summed E-state index contributed by atoms with van der Waals surface area (Å²) < 4.78 is 15.8. The zero-order valence-electron chi connectivity index (χ0n) is 17.4. The molecule has 156 valence electrons. The lowest BCUT2D eigenvalue weighted by Crippen LogP contribution is -2.14. The van der Waals surface area contributed by atoms with Crippen LogP contribution in [-0.4, -0.2) is 24.6 Å². The molecular weight excluding hydrogens is 379 g/mol. The first-order valence-corrected chi connectivity index (χ1v) is 10.6. The molecule has 0 saturated carbocycles. The fourth-order valence-electron chi connectivity index (χ4n) is 4.29. The average Bonchev–Trinajstić information content (AvgIpc) is 3.38. The minimum absolute atomic E-state index is 0.153.